The van der Waals surface area contributed by atoms with Crippen LogP contribution in [-0.4, -0.2) is 38.7 Å². The number of nitrogens with one attached hydrogen (secondary N) is 1. The average Bonchev–Trinajstić information content (AvgIpc) is 3.41. The van der Waals surface area contributed by atoms with Crippen molar-refractivity contribution < 1.29 is 4.79 Å². The summed E-state index contributed by atoms with van der Waals surface area (Å²) in [5.41, 5.74) is 2.83. The molecule has 2 aliphatic rings. The second-order valence-electron chi connectivity index (χ2n) is 8.26. The molecule has 5 rings (SSSR count). The van der Waals surface area contributed by atoms with E-state index in [1.165, 1.54) is 0 Å². The molecule has 1 aliphatic carbocycles. The molecule has 1 aliphatic heterocycles. The summed E-state index contributed by atoms with van der Waals surface area (Å²) in [5, 5.41) is 7.56. The smallest absolute Gasteiger partial charge is 0.342 e. The highest BCUT2D eigenvalue weighted by Gasteiger charge is 2.36. The Morgan fingerprint density at radius 3 is 2.30 bits per heavy atom. The minimum Gasteiger partial charge on any atom is -0.342 e. The molecule has 30 heavy (non-hydrogen) atoms. The Kier molecular flexibility index (Phi) is 4.95. The van der Waals surface area contributed by atoms with E-state index in [9.17, 15) is 9.59 Å². The number of rotatable bonds is 5. The summed E-state index contributed by atoms with van der Waals surface area (Å²) >= 11 is 5.97. The molecule has 1 atom stereocenters. The van der Waals surface area contributed by atoms with E-state index in [1.807, 2.05) is 53.4 Å². The second kappa shape index (κ2) is 7.76. The summed E-state index contributed by atoms with van der Waals surface area (Å²) < 4.78 is 1.70. The van der Waals surface area contributed by atoms with E-state index in [-0.39, 0.29) is 23.4 Å². The monoisotopic (exact) mass is 422 g/mol. The first-order chi connectivity index (χ1) is 14.6. The molecule has 1 saturated carbocycles. The molecule has 6 nitrogen and oxygen atoms in total. The van der Waals surface area contributed by atoms with E-state index in [2.05, 4.69) is 10.2 Å². The highest BCUT2D eigenvalue weighted by molar-refractivity contribution is 6.30. The summed E-state index contributed by atoms with van der Waals surface area (Å²) in [4.78, 5) is 26.7. The second-order valence-corrected chi connectivity index (χ2v) is 8.70. The lowest BCUT2D eigenvalue weighted by molar-refractivity contribution is -0.131. The summed E-state index contributed by atoms with van der Waals surface area (Å²) in [7, 11) is 0. The first kappa shape index (κ1) is 19.1. The van der Waals surface area contributed by atoms with Crippen LogP contribution in [0.4, 0.5) is 0 Å². The molecule has 2 heterocycles. The van der Waals surface area contributed by atoms with Gasteiger partial charge in [0.05, 0.1) is 0 Å². The van der Waals surface area contributed by atoms with Gasteiger partial charge < -0.3 is 4.90 Å². The topological polar surface area (TPSA) is 71.0 Å². The molecular formula is C23H23ClN4O2. The van der Waals surface area contributed by atoms with Gasteiger partial charge in [-0.1, -0.05) is 48.0 Å². The molecule has 1 aromatic heterocycles. The van der Waals surface area contributed by atoms with Crippen LogP contribution in [0.15, 0.2) is 53.3 Å². The lowest BCUT2D eigenvalue weighted by Crippen LogP contribution is -2.31. The summed E-state index contributed by atoms with van der Waals surface area (Å²) in [6.45, 7) is 2.08. The van der Waals surface area contributed by atoms with Crippen LogP contribution in [0.1, 0.15) is 19.3 Å². The van der Waals surface area contributed by atoms with Crippen molar-refractivity contribution in [3.8, 4) is 22.5 Å². The third-order valence-electron chi connectivity index (χ3n) is 6.04. The molecule has 1 N–H and O–H groups in total. The third kappa shape index (κ3) is 3.79. The molecule has 154 valence electrons. The quantitative estimate of drug-likeness (QED) is 0.679. The third-order valence-corrected chi connectivity index (χ3v) is 6.30. The van der Waals surface area contributed by atoms with E-state index in [4.69, 9.17) is 11.6 Å². The molecular weight excluding hydrogens is 400 g/mol. The van der Waals surface area contributed by atoms with Gasteiger partial charge in [0.25, 0.3) is 0 Å². The van der Waals surface area contributed by atoms with Crippen molar-refractivity contribution in [2.24, 2.45) is 11.8 Å². The first-order valence-corrected chi connectivity index (χ1v) is 10.8. The zero-order chi connectivity index (χ0) is 20.7. The Labute approximate surface area is 179 Å². The van der Waals surface area contributed by atoms with Gasteiger partial charge in [0.2, 0.25) is 5.91 Å². The number of aromatic amines is 1. The SMILES string of the molecule is O=C(C1CC1)N1CC[C@@H](Cn2c(-c3ccc(-c4ccc(Cl)cc4)cc3)n[nH]c2=O)C1. The average molecular weight is 423 g/mol. The lowest BCUT2D eigenvalue weighted by atomic mass is 10.0. The van der Waals surface area contributed by atoms with Crippen molar-refractivity contribution in [3.63, 3.8) is 0 Å². The number of amides is 1. The van der Waals surface area contributed by atoms with Crippen molar-refractivity contribution in [2.45, 2.75) is 25.8 Å². The number of hydrogen-bond donors (Lipinski definition) is 1. The highest BCUT2D eigenvalue weighted by Crippen LogP contribution is 2.33. The molecule has 7 heteroatoms. The maximum Gasteiger partial charge on any atom is 0.343 e. The molecule has 0 bridgehead atoms. The molecule has 1 amide bonds. The van der Waals surface area contributed by atoms with Gasteiger partial charge in [0.1, 0.15) is 0 Å². The Morgan fingerprint density at radius 1 is 1.00 bits per heavy atom. The van der Waals surface area contributed by atoms with Crippen LogP contribution < -0.4 is 5.69 Å². The number of H-pyrrole nitrogens is 1. The molecule has 3 aromatic rings. The number of likely N-dealkylation sites (tertiary alicyclic amines) is 1. The van der Waals surface area contributed by atoms with E-state index < -0.39 is 0 Å². The van der Waals surface area contributed by atoms with E-state index in [1.54, 1.807) is 4.57 Å². The van der Waals surface area contributed by atoms with Crippen molar-refractivity contribution >= 4 is 17.5 Å². The fourth-order valence-electron chi connectivity index (χ4n) is 4.19. The predicted octanol–water partition coefficient (Wildman–Crippen LogP) is 3.82. The first-order valence-electron chi connectivity index (χ1n) is 10.4. The fourth-order valence-corrected chi connectivity index (χ4v) is 4.32. The fraction of sp³-hybridized carbons (Fsp3) is 0.348. The summed E-state index contributed by atoms with van der Waals surface area (Å²) in [6, 6.07) is 15.7. The van der Waals surface area contributed by atoms with Gasteiger partial charge in [-0.15, -0.1) is 0 Å². The van der Waals surface area contributed by atoms with Crippen LogP contribution in [-0.2, 0) is 11.3 Å². The molecule has 2 fully saturated rings. The van der Waals surface area contributed by atoms with Crippen LogP contribution in [0.5, 0.6) is 0 Å². The molecule has 0 radical (unpaired) electrons. The van der Waals surface area contributed by atoms with Gasteiger partial charge in [-0.05, 0) is 48.4 Å². The number of benzene rings is 2. The summed E-state index contributed by atoms with van der Waals surface area (Å²) in [6.07, 6.45) is 2.97. The normalized spacial score (nSPS) is 18.7. The van der Waals surface area contributed by atoms with Crippen LogP contribution in [0, 0.1) is 11.8 Å². The van der Waals surface area contributed by atoms with Crippen LogP contribution >= 0.6 is 11.6 Å². The van der Waals surface area contributed by atoms with Gasteiger partial charge in [0.15, 0.2) is 5.82 Å². The van der Waals surface area contributed by atoms with Gasteiger partial charge in [-0.3, -0.25) is 9.36 Å². The van der Waals surface area contributed by atoms with Gasteiger partial charge in [-0.25, -0.2) is 9.89 Å². The Morgan fingerprint density at radius 2 is 1.63 bits per heavy atom. The summed E-state index contributed by atoms with van der Waals surface area (Å²) in [5.74, 6) is 1.44. The number of halogens is 1. The Hall–Kier alpha value is -2.86. The van der Waals surface area contributed by atoms with Crippen LogP contribution in [0.3, 0.4) is 0 Å². The Balaban J connectivity index is 1.33. The number of carbonyl (C=O) groups is 1. The largest absolute Gasteiger partial charge is 0.343 e. The van der Waals surface area contributed by atoms with Gasteiger partial charge in [0, 0.05) is 36.1 Å². The minimum absolute atomic E-state index is 0.209. The maximum absolute atomic E-state index is 12.4. The molecule has 2 aromatic carbocycles. The van der Waals surface area contributed by atoms with E-state index in [0.717, 1.165) is 49.0 Å². The number of aromatic nitrogens is 3. The van der Waals surface area contributed by atoms with Crippen LogP contribution in [0.25, 0.3) is 22.5 Å². The van der Waals surface area contributed by atoms with Crippen molar-refractivity contribution in [2.75, 3.05) is 13.1 Å². The predicted molar refractivity (Wildman–Crippen MR) is 116 cm³/mol. The molecule has 0 spiro atoms. The Bertz CT molecular complexity index is 1110. The molecule has 1 saturated heterocycles. The van der Waals surface area contributed by atoms with Crippen LogP contribution in [0.2, 0.25) is 5.02 Å². The molecule has 0 unspecified atom stereocenters. The number of carbonyl (C=O) groups excluding carboxylic acids is 1. The number of nitrogens with zero attached hydrogens (tertiary/aromatic N) is 3. The maximum atomic E-state index is 12.4. The zero-order valence-corrected chi connectivity index (χ0v) is 17.3. The van der Waals surface area contributed by atoms with Crippen molar-refractivity contribution in [1.29, 1.82) is 0 Å². The standard InChI is InChI=1S/C23H23ClN4O2/c24-20-9-7-17(8-10-20)16-1-3-18(4-2-16)21-25-26-23(30)28(21)14-15-11-12-27(13-15)22(29)19-5-6-19/h1-4,7-10,15,19H,5-6,11-14H2,(H,26,30)/t15-/m1/s1. The van der Waals surface area contributed by atoms with Gasteiger partial charge in [-0.2, -0.15) is 5.10 Å². The van der Waals surface area contributed by atoms with Gasteiger partial charge >= 0.3 is 5.69 Å². The lowest BCUT2D eigenvalue weighted by Gasteiger charge is -2.16. The van der Waals surface area contributed by atoms with E-state index in [0.29, 0.717) is 17.4 Å². The number of hydrogen-bond acceptors (Lipinski definition) is 3. The van der Waals surface area contributed by atoms with Crippen molar-refractivity contribution in [1.82, 2.24) is 19.7 Å². The minimum atomic E-state index is -0.209. The highest BCUT2D eigenvalue weighted by atomic mass is 35.5. The van der Waals surface area contributed by atoms with Crippen molar-refractivity contribution in [3.05, 3.63) is 64.0 Å². The zero-order valence-electron chi connectivity index (χ0n) is 16.6. The van der Waals surface area contributed by atoms with E-state index >= 15 is 0 Å².